The summed E-state index contributed by atoms with van der Waals surface area (Å²) in [6.45, 7) is 3.12. The number of halogens is 2. The molecule has 156 valence electrons. The highest BCUT2D eigenvalue weighted by Crippen LogP contribution is 2.25. The van der Waals surface area contributed by atoms with Crippen LogP contribution in [0, 0.1) is 18.7 Å². The zero-order chi connectivity index (χ0) is 21.3. The van der Waals surface area contributed by atoms with E-state index >= 15 is 0 Å². The summed E-state index contributed by atoms with van der Waals surface area (Å²) < 4.78 is 14.9. The Kier molecular flexibility index (Phi) is 5.72. The third-order valence-electron chi connectivity index (χ3n) is 5.63. The SMILES string of the molecule is Cc1ccccc1-n1c(CC2CCN(C(=O)c3ccc(F)cc3Cl)CC2)n[nH]c1=O. The number of aromatic amines is 1. The number of aryl methyl sites for hydroxylation is 1. The average molecular weight is 429 g/mol. The van der Waals surface area contributed by atoms with E-state index in [9.17, 15) is 14.0 Å². The van der Waals surface area contributed by atoms with Gasteiger partial charge >= 0.3 is 5.69 Å². The van der Waals surface area contributed by atoms with E-state index in [2.05, 4.69) is 10.2 Å². The predicted molar refractivity (Wildman–Crippen MR) is 113 cm³/mol. The Morgan fingerprint density at radius 3 is 2.67 bits per heavy atom. The van der Waals surface area contributed by atoms with Crippen molar-refractivity contribution in [1.82, 2.24) is 19.7 Å². The molecule has 1 fully saturated rings. The Morgan fingerprint density at radius 2 is 1.97 bits per heavy atom. The highest BCUT2D eigenvalue weighted by molar-refractivity contribution is 6.33. The van der Waals surface area contributed by atoms with Crippen molar-refractivity contribution in [2.24, 2.45) is 5.92 Å². The number of nitrogens with zero attached hydrogens (tertiary/aromatic N) is 3. The van der Waals surface area contributed by atoms with Crippen LogP contribution in [0.2, 0.25) is 5.02 Å². The minimum Gasteiger partial charge on any atom is -0.339 e. The molecule has 0 radical (unpaired) electrons. The van der Waals surface area contributed by atoms with Crippen LogP contribution in [0.15, 0.2) is 47.3 Å². The summed E-state index contributed by atoms with van der Waals surface area (Å²) in [5.74, 6) is 0.348. The lowest BCUT2D eigenvalue weighted by Gasteiger charge is -2.32. The quantitative estimate of drug-likeness (QED) is 0.687. The number of nitrogens with one attached hydrogen (secondary N) is 1. The molecule has 0 saturated carbocycles. The van der Waals surface area contributed by atoms with Gasteiger partial charge in [0, 0.05) is 19.5 Å². The lowest BCUT2D eigenvalue weighted by molar-refractivity contribution is 0.0690. The lowest BCUT2D eigenvalue weighted by atomic mass is 9.92. The van der Waals surface area contributed by atoms with Crippen LogP contribution in [-0.4, -0.2) is 38.7 Å². The van der Waals surface area contributed by atoms with Gasteiger partial charge in [-0.3, -0.25) is 4.79 Å². The third kappa shape index (κ3) is 4.03. The van der Waals surface area contributed by atoms with Gasteiger partial charge in [0.15, 0.2) is 0 Å². The topological polar surface area (TPSA) is 71.0 Å². The number of para-hydroxylation sites is 1. The van der Waals surface area contributed by atoms with Gasteiger partial charge in [0.05, 0.1) is 16.3 Å². The summed E-state index contributed by atoms with van der Waals surface area (Å²) in [6.07, 6.45) is 2.23. The number of carbonyl (C=O) groups excluding carboxylic acids is 1. The van der Waals surface area contributed by atoms with Crippen LogP contribution in [0.25, 0.3) is 5.69 Å². The number of piperidine rings is 1. The van der Waals surface area contributed by atoms with Crippen molar-refractivity contribution in [1.29, 1.82) is 0 Å². The first-order valence-corrected chi connectivity index (χ1v) is 10.3. The van der Waals surface area contributed by atoms with E-state index in [4.69, 9.17) is 11.6 Å². The average Bonchev–Trinajstić information content (AvgIpc) is 3.08. The first-order chi connectivity index (χ1) is 14.4. The van der Waals surface area contributed by atoms with Crippen molar-refractivity contribution < 1.29 is 9.18 Å². The summed E-state index contributed by atoms with van der Waals surface area (Å²) in [7, 11) is 0. The first kappa shape index (κ1) is 20.3. The lowest BCUT2D eigenvalue weighted by Crippen LogP contribution is -2.39. The number of benzene rings is 2. The van der Waals surface area contributed by atoms with E-state index in [0.717, 1.165) is 30.2 Å². The van der Waals surface area contributed by atoms with Crippen molar-refractivity contribution in [3.63, 3.8) is 0 Å². The van der Waals surface area contributed by atoms with Gasteiger partial charge in [0.2, 0.25) is 0 Å². The van der Waals surface area contributed by atoms with Gasteiger partial charge in [-0.25, -0.2) is 18.9 Å². The summed E-state index contributed by atoms with van der Waals surface area (Å²) in [4.78, 5) is 26.8. The van der Waals surface area contributed by atoms with Crippen LogP contribution < -0.4 is 5.69 Å². The van der Waals surface area contributed by atoms with E-state index in [0.29, 0.717) is 36.8 Å². The fourth-order valence-corrected chi connectivity index (χ4v) is 4.21. The molecule has 0 unspecified atom stereocenters. The first-order valence-electron chi connectivity index (χ1n) is 9.90. The summed E-state index contributed by atoms with van der Waals surface area (Å²) in [5, 5.41) is 6.93. The zero-order valence-electron chi connectivity index (χ0n) is 16.6. The Labute approximate surface area is 178 Å². The molecular weight excluding hydrogens is 407 g/mol. The van der Waals surface area contributed by atoms with Crippen LogP contribution in [0.5, 0.6) is 0 Å². The van der Waals surface area contributed by atoms with E-state index in [-0.39, 0.29) is 16.6 Å². The monoisotopic (exact) mass is 428 g/mol. The predicted octanol–water partition coefficient (Wildman–Crippen LogP) is 3.76. The molecule has 2 aromatic carbocycles. The van der Waals surface area contributed by atoms with Gasteiger partial charge in [-0.2, -0.15) is 5.10 Å². The van der Waals surface area contributed by atoms with Gasteiger partial charge in [-0.15, -0.1) is 0 Å². The zero-order valence-corrected chi connectivity index (χ0v) is 17.3. The van der Waals surface area contributed by atoms with Gasteiger partial charge in [0.1, 0.15) is 11.6 Å². The van der Waals surface area contributed by atoms with Gasteiger partial charge < -0.3 is 4.90 Å². The molecule has 4 rings (SSSR count). The largest absolute Gasteiger partial charge is 0.347 e. The standard InChI is InChI=1S/C22H22ClFN4O2/c1-14-4-2-3-5-19(14)28-20(25-26-22(28)30)12-15-8-10-27(11-9-15)21(29)17-7-6-16(24)13-18(17)23/h2-7,13,15H,8-12H2,1H3,(H,26,30). The summed E-state index contributed by atoms with van der Waals surface area (Å²) >= 11 is 6.04. The number of hydrogen-bond donors (Lipinski definition) is 1. The van der Waals surface area contributed by atoms with Crippen molar-refractivity contribution in [2.75, 3.05) is 13.1 Å². The molecule has 8 heteroatoms. The molecule has 30 heavy (non-hydrogen) atoms. The maximum Gasteiger partial charge on any atom is 0.347 e. The van der Waals surface area contributed by atoms with Crippen LogP contribution in [0.1, 0.15) is 34.6 Å². The van der Waals surface area contributed by atoms with E-state index in [1.165, 1.54) is 12.1 Å². The molecular formula is C22H22ClFN4O2. The molecule has 1 aliphatic heterocycles. The second-order valence-corrected chi connectivity index (χ2v) is 8.04. The van der Waals surface area contributed by atoms with Crippen LogP contribution in [0.4, 0.5) is 4.39 Å². The molecule has 2 heterocycles. The third-order valence-corrected chi connectivity index (χ3v) is 5.95. The maximum absolute atomic E-state index is 13.3. The maximum atomic E-state index is 13.3. The van der Waals surface area contributed by atoms with Crippen LogP contribution in [0.3, 0.4) is 0 Å². The smallest absolute Gasteiger partial charge is 0.339 e. The number of aromatic nitrogens is 3. The number of amides is 1. The van der Waals surface area contributed by atoms with Crippen molar-refractivity contribution in [3.05, 3.63) is 80.7 Å². The normalized spacial score (nSPS) is 14.8. The van der Waals surface area contributed by atoms with Crippen LogP contribution in [-0.2, 0) is 6.42 Å². The van der Waals surface area contributed by atoms with Gasteiger partial charge in [-0.05, 0) is 55.5 Å². The minimum atomic E-state index is -0.464. The summed E-state index contributed by atoms with van der Waals surface area (Å²) in [6, 6.07) is 11.5. The molecule has 0 aliphatic carbocycles. The van der Waals surface area contributed by atoms with Crippen molar-refractivity contribution in [3.8, 4) is 5.69 Å². The molecule has 3 aromatic rings. The molecule has 1 aliphatic rings. The molecule has 1 N–H and O–H groups in total. The van der Waals surface area contributed by atoms with Gasteiger partial charge in [0.25, 0.3) is 5.91 Å². The molecule has 1 saturated heterocycles. The second-order valence-electron chi connectivity index (χ2n) is 7.63. The van der Waals surface area contributed by atoms with Crippen LogP contribution >= 0.6 is 11.6 Å². The number of likely N-dealkylation sites (tertiary alicyclic amines) is 1. The molecule has 0 spiro atoms. The molecule has 1 aromatic heterocycles. The summed E-state index contributed by atoms with van der Waals surface area (Å²) in [5.41, 5.74) is 1.89. The highest BCUT2D eigenvalue weighted by atomic mass is 35.5. The van der Waals surface area contributed by atoms with Crippen molar-refractivity contribution in [2.45, 2.75) is 26.2 Å². The number of hydrogen-bond acceptors (Lipinski definition) is 3. The Morgan fingerprint density at radius 1 is 1.23 bits per heavy atom. The molecule has 0 bridgehead atoms. The van der Waals surface area contributed by atoms with E-state index in [1.54, 1.807) is 9.47 Å². The Balaban J connectivity index is 1.44. The molecule has 1 amide bonds. The number of rotatable bonds is 4. The van der Waals surface area contributed by atoms with E-state index < -0.39 is 5.82 Å². The minimum absolute atomic E-state index is 0.126. The van der Waals surface area contributed by atoms with E-state index in [1.807, 2.05) is 31.2 Å². The fourth-order valence-electron chi connectivity index (χ4n) is 3.96. The Bertz CT molecular complexity index is 1130. The fraction of sp³-hybridized carbons (Fsp3) is 0.318. The Hall–Kier alpha value is -2.93. The highest BCUT2D eigenvalue weighted by Gasteiger charge is 2.26. The van der Waals surface area contributed by atoms with Crippen molar-refractivity contribution >= 4 is 17.5 Å². The number of H-pyrrole nitrogens is 1. The van der Waals surface area contributed by atoms with Gasteiger partial charge in [-0.1, -0.05) is 29.8 Å². The second kappa shape index (κ2) is 8.44. The molecule has 0 atom stereocenters. The molecule has 6 nitrogen and oxygen atoms in total. The number of carbonyl (C=O) groups is 1.